The lowest BCUT2D eigenvalue weighted by Gasteiger charge is -2.00. The van der Waals surface area contributed by atoms with Crippen molar-refractivity contribution in [3.05, 3.63) is 203 Å². The molecule has 0 saturated carbocycles. The second kappa shape index (κ2) is 28.1. The number of halogens is 4. The Morgan fingerprint density at radius 3 is 0.827 bits per heavy atom. The van der Waals surface area contributed by atoms with Gasteiger partial charge in [0.15, 0.2) is 40.6 Å². The Balaban J connectivity index is 0.000000163. The summed E-state index contributed by atoms with van der Waals surface area (Å²) in [6, 6.07) is 32.5. The number of ketones is 5. The molecule has 0 bridgehead atoms. The first-order valence-corrected chi connectivity index (χ1v) is 29.3. The van der Waals surface area contributed by atoms with Crippen LogP contribution >= 0.6 is 72.6 Å². The van der Waals surface area contributed by atoms with Crippen molar-refractivity contribution in [1.29, 1.82) is 0 Å². The molecule has 0 aliphatic carbocycles. The van der Waals surface area contributed by atoms with Crippen molar-refractivity contribution in [2.75, 3.05) is 0 Å². The molecule has 0 aliphatic rings. The van der Waals surface area contributed by atoms with E-state index in [2.05, 4.69) is 15.9 Å². The number of hydrogen-bond acceptors (Lipinski definition) is 15. The van der Waals surface area contributed by atoms with Gasteiger partial charge in [0.05, 0.1) is 52.2 Å². The molecule has 0 saturated heterocycles. The highest BCUT2D eigenvalue weighted by Gasteiger charge is 2.20. The third-order valence-electron chi connectivity index (χ3n) is 11.7. The molecule has 416 valence electrons. The van der Waals surface area contributed by atoms with E-state index in [1.807, 2.05) is 86.6 Å². The molecular weight excluding hydrogens is 1200 g/mol. The number of thiophene rings is 5. The van der Waals surface area contributed by atoms with Gasteiger partial charge in [-0.15, -0.1) is 56.7 Å². The minimum atomic E-state index is -0.986. The first-order chi connectivity index (χ1) is 38.4. The van der Waals surface area contributed by atoms with Gasteiger partial charge in [-0.1, -0.05) is 106 Å². The molecule has 5 aromatic carbocycles. The predicted octanol–water partition coefficient (Wildman–Crippen LogP) is 18.4. The Hall–Kier alpha value is -7.78. The van der Waals surface area contributed by atoms with Gasteiger partial charge in [0.2, 0.25) is 0 Å². The quantitative estimate of drug-likeness (QED) is 0.0825. The second-order valence-electron chi connectivity index (χ2n) is 17.8. The van der Waals surface area contributed by atoms with E-state index in [0.717, 1.165) is 59.3 Å². The van der Waals surface area contributed by atoms with Crippen LogP contribution in [-0.2, 0) is 0 Å². The Kier molecular flexibility index (Phi) is 21.6. The van der Waals surface area contributed by atoms with Crippen molar-refractivity contribution < 1.29 is 62.7 Å². The number of aryl methyl sites for hydroxylation is 2. The van der Waals surface area contributed by atoms with Crippen molar-refractivity contribution in [1.82, 2.24) is 0 Å². The van der Waals surface area contributed by atoms with Crippen molar-refractivity contribution in [3.63, 3.8) is 0 Å². The van der Waals surface area contributed by atoms with Crippen LogP contribution < -0.4 is 0 Å². The summed E-state index contributed by atoms with van der Waals surface area (Å²) in [5, 5.41) is 57.5. The maximum absolute atomic E-state index is 13.0. The summed E-state index contributed by atoms with van der Waals surface area (Å²) >= 11 is 9.90. The summed E-state index contributed by atoms with van der Waals surface area (Å²) in [4.78, 5) is 59.1. The summed E-state index contributed by atoms with van der Waals surface area (Å²) in [5.41, 5.74) is 7.90. The van der Waals surface area contributed by atoms with E-state index in [1.165, 1.54) is 115 Å². The van der Waals surface area contributed by atoms with Crippen LogP contribution in [0.25, 0.3) is 52.2 Å². The molecule has 0 unspecified atom stereocenters. The molecule has 5 aromatic heterocycles. The van der Waals surface area contributed by atoms with Gasteiger partial charge in [-0.25, -0.2) is 13.2 Å². The molecule has 0 radical (unpaired) electrons. The summed E-state index contributed by atoms with van der Waals surface area (Å²) in [7, 11) is 0. The first kappa shape index (κ1) is 62.4. The fourth-order valence-electron chi connectivity index (χ4n) is 7.28. The number of aromatic hydroxyl groups is 5. The maximum atomic E-state index is 13.0. The van der Waals surface area contributed by atoms with Gasteiger partial charge in [-0.2, -0.15) is 0 Å². The van der Waals surface area contributed by atoms with Crippen LogP contribution in [-0.4, -0.2) is 54.4 Å². The van der Waals surface area contributed by atoms with E-state index < -0.39 is 11.6 Å². The van der Waals surface area contributed by atoms with Gasteiger partial charge in [0.1, 0.15) is 34.6 Å². The molecule has 19 heteroatoms. The van der Waals surface area contributed by atoms with Crippen LogP contribution in [0.1, 0.15) is 97.5 Å². The molecular formula is C62H50BrF3O10S5. The topological polar surface area (TPSA) is 186 Å². The average Bonchev–Trinajstić information content (AvgIpc) is 4.33. The minimum absolute atomic E-state index is 0.0240. The SMILES string of the molecule is CC(=O)c1csc(-c2ccc(Br)cc2)c1O.CC(=O)c1csc(-c2ccc(C)cc2)c1O.CC(=O)c1csc(-c2ccc(C)cc2)c1O.CC(=O)c1csc(-c2ccc(F)c(F)c2)c1O.CC(=O)c1csc(-c2ccc(F)cc2)c1O. The lowest BCUT2D eigenvalue weighted by Crippen LogP contribution is -1.88. The fourth-order valence-corrected chi connectivity index (χ4v) is 12.6. The molecule has 0 amide bonds. The van der Waals surface area contributed by atoms with E-state index in [4.69, 9.17) is 0 Å². The van der Waals surface area contributed by atoms with Crippen LogP contribution in [0.5, 0.6) is 28.7 Å². The largest absolute Gasteiger partial charge is 0.506 e. The normalized spacial score (nSPS) is 10.4. The lowest BCUT2D eigenvalue weighted by molar-refractivity contribution is 0.100. The molecule has 10 nitrogen and oxygen atoms in total. The highest BCUT2D eigenvalue weighted by molar-refractivity contribution is 9.10. The van der Waals surface area contributed by atoms with Crippen molar-refractivity contribution in [3.8, 4) is 81.0 Å². The number of benzene rings is 5. The van der Waals surface area contributed by atoms with E-state index in [-0.39, 0.29) is 69.0 Å². The van der Waals surface area contributed by atoms with Gasteiger partial charge in [-0.3, -0.25) is 24.0 Å². The van der Waals surface area contributed by atoms with Gasteiger partial charge in [0.25, 0.3) is 0 Å². The number of carbonyl (C=O) groups excluding carboxylic acids is 5. The molecule has 0 fully saturated rings. The van der Waals surface area contributed by atoms with E-state index >= 15 is 0 Å². The zero-order valence-electron chi connectivity index (χ0n) is 44.2. The third kappa shape index (κ3) is 15.8. The zero-order valence-corrected chi connectivity index (χ0v) is 49.9. The third-order valence-corrected chi connectivity index (χ3v) is 17.4. The van der Waals surface area contributed by atoms with E-state index in [9.17, 15) is 62.7 Å². The molecule has 5 N–H and O–H groups in total. The minimum Gasteiger partial charge on any atom is -0.506 e. The van der Waals surface area contributed by atoms with Crippen molar-refractivity contribution in [2.45, 2.75) is 48.5 Å². The zero-order chi connectivity index (χ0) is 59.4. The van der Waals surface area contributed by atoms with E-state index in [1.54, 1.807) is 33.7 Å². The molecule has 10 aromatic rings. The van der Waals surface area contributed by atoms with Gasteiger partial charge >= 0.3 is 0 Å². The second-order valence-corrected chi connectivity index (χ2v) is 23.1. The number of carbonyl (C=O) groups is 5. The lowest BCUT2D eigenvalue weighted by atomic mass is 10.1. The molecule has 0 aliphatic heterocycles. The summed E-state index contributed by atoms with van der Waals surface area (Å²) in [6.45, 7) is 11.1. The highest BCUT2D eigenvalue weighted by atomic mass is 79.9. The number of hydrogen-bond donors (Lipinski definition) is 5. The summed E-state index contributed by atoms with van der Waals surface area (Å²) in [5.74, 6) is -2.96. The Labute approximate surface area is 493 Å². The number of rotatable bonds is 10. The summed E-state index contributed by atoms with van der Waals surface area (Å²) in [6.07, 6.45) is 0. The molecule has 0 atom stereocenters. The monoisotopic (exact) mass is 1250 g/mol. The molecule has 10 rings (SSSR count). The van der Waals surface area contributed by atoms with Crippen molar-refractivity contribution in [2.24, 2.45) is 0 Å². The average molecular weight is 1250 g/mol. The van der Waals surface area contributed by atoms with Crippen molar-refractivity contribution >= 4 is 102 Å². The van der Waals surface area contributed by atoms with Crippen LogP contribution in [0, 0.1) is 31.3 Å². The van der Waals surface area contributed by atoms with Crippen LogP contribution in [0.15, 0.2) is 147 Å². The molecule has 5 heterocycles. The van der Waals surface area contributed by atoms with E-state index in [0.29, 0.717) is 43.1 Å². The first-order valence-electron chi connectivity index (χ1n) is 24.1. The van der Waals surface area contributed by atoms with Crippen LogP contribution in [0.3, 0.4) is 0 Å². The maximum Gasteiger partial charge on any atom is 0.164 e. The summed E-state index contributed by atoms with van der Waals surface area (Å²) < 4.78 is 39.5. The fraction of sp³-hybridized carbons (Fsp3) is 0.113. The Morgan fingerprint density at radius 2 is 0.580 bits per heavy atom. The Bertz CT molecular complexity index is 3470. The van der Waals surface area contributed by atoms with Gasteiger partial charge in [-0.05, 0) is 113 Å². The van der Waals surface area contributed by atoms with Crippen LogP contribution in [0.2, 0.25) is 0 Å². The van der Waals surface area contributed by atoms with Crippen LogP contribution in [0.4, 0.5) is 13.2 Å². The van der Waals surface area contributed by atoms with Gasteiger partial charge in [0, 0.05) is 31.4 Å². The number of Topliss-reactive ketones (excluding diaryl/α,β-unsaturated/α-hetero) is 5. The predicted molar refractivity (Wildman–Crippen MR) is 324 cm³/mol. The highest BCUT2D eigenvalue weighted by Crippen LogP contribution is 2.43. The molecule has 81 heavy (non-hydrogen) atoms. The Morgan fingerprint density at radius 1 is 0.346 bits per heavy atom. The standard InChI is InChI=1S/2C13H12O2S.C12H9BrO2S.C12H8F2O2S.C12H9FO2S/c2*1-8-3-5-10(6-4-8)13-12(15)11(7-16-13)9(2)14;1-7(14)10-6-16-12(11(10)15)8-2-4-9(13)5-3-8;1-6(15)8-5-17-12(11(8)16)7-2-3-9(13)10(14)4-7;1-7(14)10-6-16-12(11(10)15)8-2-4-9(13)5-3-8/h2*3-7,15H,1-2H3;2-6,15H,1H3;2-5,16H,1H3;2-6,15H,1H3. The van der Waals surface area contributed by atoms with Gasteiger partial charge < -0.3 is 25.5 Å². The molecule has 0 spiro atoms. The smallest absolute Gasteiger partial charge is 0.164 e.